The maximum Gasteiger partial charge on any atom is 0.126 e. The topological polar surface area (TPSA) is 46.0 Å². The van der Waals surface area contributed by atoms with Crippen molar-refractivity contribution in [1.82, 2.24) is 9.59 Å². The van der Waals surface area contributed by atoms with E-state index in [4.69, 9.17) is 0 Å². The molecule has 118 valence electrons. The summed E-state index contributed by atoms with van der Waals surface area (Å²) in [7, 11) is 0. The van der Waals surface area contributed by atoms with Gasteiger partial charge < -0.3 is 5.11 Å². The van der Waals surface area contributed by atoms with Gasteiger partial charge in [0.25, 0.3) is 0 Å². The Bertz CT molecular complexity index is 983. The van der Waals surface area contributed by atoms with E-state index >= 15 is 0 Å². The van der Waals surface area contributed by atoms with Crippen molar-refractivity contribution < 1.29 is 5.11 Å². The lowest BCUT2D eigenvalue weighted by Gasteiger charge is -2.07. The van der Waals surface area contributed by atoms with Crippen LogP contribution in [0.3, 0.4) is 0 Å². The van der Waals surface area contributed by atoms with E-state index in [1.807, 2.05) is 54.6 Å². The Hall–Kier alpha value is -2.37. The zero-order valence-corrected chi connectivity index (χ0v) is 14.3. The molecule has 0 fully saturated rings. The van der Waals surface area contributed by atoms with Crippen molar-refractivity contribution in [2.45, 2.75) is 15.5 Å². The van der Waals surface area contributed by atoms with E-state index in [0.717, 1.165) is 31.1 Å². The highest BCUT2D eigenvalue weighted by molar-refractivity contribution is 8.01. The number of benzene rings is 3. The van der Waals surface area contributed by atoms with Crippen molar-refractivity contribution in [1.29, 1.82) is 0 Å². The van der Waals surface area contributed by atoms with Gasteiger partial charge in [0, 0.05) is 22.3 Å². The molecule has 0 aliphatic rings. The largest absolute Gasteiger partial charge is 0.507 e. The third kappa shape index (κ3) is 3.00. The van der Waals surface area contributed by atoms with Gasteiger partial charge in [0.2, 0.25) is 0 Å². The van der Waals surface area contributed by atoms with E-state index in [-0.39, 0.29) is 0 Å². The van der Waals surface area contributed by atoms with Crippen molar-refractivity contribution in [2.24, 2.45) is 0 Å². The monoisotopic (exact) mass is 350 g/mol. The Kier molecular flexibility index (Phi) is 4.19. The number of phenolic OH excluding ortho intramolecular Hbond substituents is 1. The number of aromatic nitrogens is 2. The molecule has 1 aromatic heterocycles. The van der Waals surface area contributed by atoms with Crippen LogP contribution in [-0.4, -0.2) is 14.7 Å². The molecule has 1 N–H and O–H groups in total. The molecule has 3 nitrogen and oxygen atoms in total. The predicted molar refractivity (Wildman–Crippen MR) is 98.9 cm³/mol. The van der Waals surface area contributed by atoms with Gasteiger partial charge in [-0.3, -0.25) is 0 Å². The molecule has 0 amide bonds. The van der Waals surface area contributed by atoms with Crippen molar-refractivity contribution >= 4 is 34.1 Å². The molecule has 0 saturated carbocycles. The molecule has 4 rings (SSSR count). The highest BCUT2D eigenvalue weighted by atomic mass is 32.2. The summed E-state index contributed by atoms with van der Waals surface area (Å²) < 4.78 is 5.16. The first-order chi connectivity index (χ1) is 11.8. The van der Waals surface area contributed by atoms with Crippen LogP contribution in [0.1, 0.15) is 11.3 Å². The summed E-state index contributed by atoms with van der Waals surface area (Å²) in [6.45, 7) is 0. The van der Waals surface area contributed by atoms with Crippen LogP contribution in [0.5, 0.6) is 5.75 Å². The SMILES string of the molecule is Oc1c(Cc2nnsc2Sc2ccccc2)ccc2ccccc12. The highest BCUT2D eigenvalue weighted by Gasteiger charge is 2.14. The van der Waals surface area contributed by atoms with Gasteiger partial charge in [0.05, 0.1) is 5.69 Å². The van der Waals surface area contributed by atoms with Crippen LogP contribution in [0.4, 0.5) is 0 Å². The lowest BCUT2D eigenvalue weighted by atomic mass is 10.0. The maximum atomic E-state index is 10.6. The summed E-state index contributed by atoms with van der Waals surface area (Å²) in [5, 5.41) is 16.7. The fourth-order valence-corrected chi connectivity index (χ4v) is 4.31. The molecule has 1 heterocycles. The molecule has 0 unspecified atom stereocenters. The number of hydrogen-bond donors (Lipinski definition) is 1. The highest BCUT2D eigenvalue weighted by Crippen LogP contribution is 2.35. The quantitative estimate of drug-likeness (QED) is 0.553. The van der Waals surface area contributed by atoms with E-state index in [2.05, 4.69) is 21.7 Å². The summed E-state index contributed by atoms with van der Waals surface area (Å²) in [6, 6.07) is 22.0. The van der Waals surface area contributed by atoms with E-state index in [1.165, 1.54) is 11.5 Å². The van der Waals surface area contributed by atoms with E-state index < -0.39 is 0 Å². The van der Waals surface area contributed by atoms with Gasteiger partial charge in [0.15, 0.2) is 0 Å². The Labute approximate surface area is 148 Å². The van der Waals surface area contributed by atoms with Crippen LogP contribution >= 0.6 is 23.3 Å². The first-order valence-corrected chi connectivity index (χ1v) is 9.14. The van der Waals surface area contributed by atoms with Gasteiger partial charge >= 0.3 is 0 Å². The van der Waals surface area contributed by atoms with Crippen LogP contribution in [0, 0.1) is 0 Å². The van der Waals surface area contributed by atoms with E-state index in [9.17, 15) is 5.11 Å². The minimum absolute atomic E-state index is 0.330. The van der Waals surface area contributed by atoms with Gasteiger partial charge in [-0.05, 0) is 29.1 Å². The van der Waals surface area contributed by atoms with Crippen molar-refractivity contribution in [3.63, 3.8) is 0 Å². The molecule has 0 aliphatic heterocycles. The van der Waals surface area contributed by atoms with Crippen LogP contribution in [0.25, 0.3) is 10.8 Å². The zero-order chi connectivity index (χ0) is 16.4. The molecule has 3 aromatic carbocycles. The number of aromatic hydroxyl groups is 1. The van der Waals surface area contributed by atoms with E-state index in [0.29, 0.717) is 12.2 Å². The maximum absolute atomic E-state index is 10.6. The summed E-state index contributed by atoms with van der Waals surface area (Å²) in [6.07, 6.45) is 0.572. The normalized spacial score (nSPS) is 11.0. The second kappa shape index (κ2) is 6.63. The number of phenols is 1. The Morgan fingerprint density at radius 2 is 1.71 bits per heavy atom. The van der Waals surface area contributed by atoms with Crippen molar-refractivity contribution in [2.75, 3.05) is 0 Å². The molecule has 0 spiro atoms. The summed E-state index contributed by atoms with van der Waals surface area (Å²) in [5.41, 5.74) is 1.77. The predicted octanol–water partition coefficient (Wildman–Crippen LogP) is 5.14. The summed E-state index contributed by atoms with van der Waals surface area (Å²) in [5.74, 6) is 0.330. The minimum Gasteiger partial charge on any atom is -0.507 e. The Morgan fingerprint density at radius 1 is 0.917 bits per heavy atom. The Balaban J connectivity index is 1.65. The van der Waals surface area contributed by atoms with Crippen molar-refractivity contribution in [3.05, 3.63) is 78.0 Å². The second-order valence-corrected chi connectivity index (χ2v) is 7.49. The van der Waals surface area contributed by atoms with Gasteiger partial charge in [-0.15, -0.1) is 5.10 Å². The number of hydrogen-bond acceptors (Lipinski definition) is 5. The molecule has 0 bridgehead atoms. The van der Waals surface area contributed by atoms with Gasteiger partial charge in [-0.25, -0.2) is 0 Å². The molecular weight excluding hydrogens is 336 g/mol. The average molecular weight is 350 g/mol. The summed E-state index contributed by atoms with van der Waals surface area (Å²) >= 11 is 3.05. The third-order valence-electron chi connectivity index (χ3n) is 3.82. The van der Waals surface area contributed by atoms with Crippen LogP contribution in [-0.2, 0) is 6.42 Å². The second-order valence-electron chi connectivity index (χ2n) is 5.39. The van der Waals surface area contributed by atoms with Gasteiger partial charge in [-0.2, -0.15) is 0 Å². The molecule has 24 heavy (non-hydrogen) atoms. The molecule has 5 heteroatoms. The first-order valence-electron chi connectivity index (χ1n) is 7.55. The minimum atomic E-state index is 0.330. The number of nitrogens with zero attached hydrogens (tertiary/aromatic N) is 2. The summed E-state index contributed by atoms with van der Waals surface area (Å²) in [4.78, 5) is 1.16. The van der Waals surface area contributed by atoms with Gasteiger partial charge in [0.1, 0.15) is 9.96 Å². The van der Waals surface area contributed by atoms with Crippen LogP contribution in [0.15, 0.2) is 75.8 Å². The number of fused-ring (bicyclic) bond motifs is 1. The Morgan fingerprint density at radius 3 is 2.58 bits per heavy atom. The molecular formula is C19H14N2OS2. The zero-order valence-electron chi connectivity index (χ0n) is 12.7. The lowest BCUT2D eigenvalue weighted by Crippen LogP contribution is -1.92. The third-order valence-corrected chi connectivity index (χ3v) is 5.78. The average Bonchev–Trinajstić information content (AvgIpc) is 3.05. The van der Waals surface area contributed by atoms with Crippen molar-refractivity contribution in [3.8, 4) is 5.75 Å². The van der Waals surface area contributed by atoms with E-state index in [1.54, 1.807) is 11.8 Å². The number of rotatable bonds is 4. The molecule has 0 atom stereocenters. The fraction of sp³-hybridized carbons (Fsp3) is 0.0526. The first kappa shape index (κ1) is 15.2. The molecule has 0 radical (unpaired) electrons. The lowest BCUT2D eigenvalue weighted by molar-refractivity contribution is 0.475. The van der Waals surface area contributed by atoms with Crippen LogP contribution in [0.2, 0.25) is 0 Å². The molecule has 4 aromatic rings. The standard InChI is InChI=1S/C19H14N2OS2/c22-18-14(11-10-13-6-4-5-9-16(13)18)12-17-19(24-21-20-17)23-15-7-2-1-3-8-15/h1-11,22H,12H2. The van der Waals surface area contributed by atoms with Crippen LogP contribution < -0.4 is 0 Å². The molecule has 0 aliphatic carbocycles. The smallest absolute Gasteiger partial charge is 0.126 e. The fourth-order valence-electron chi connectivity index (χ4n) is 2.60. The molecule has 0 saturated heterocycles. The van der Waals surface area contributed by atoms with Gasteiger partial charge in [-0.1, -0.05) is 70.8 Å².